The first-order valence-corrected chi connectivity index (χ1v) is 15.2. The van der Waals surface area contributed by atoms with Gasteiger partial charge in [-0.2, -0.15) is 0 Å². The summed E-state index contributed by atoms with van der Waals surface area (Å²) in [6, 6.07) is 14.2. The number of nitrogens with zero attached hydrogens (tertiary/aromatic N) is 3. The van der Waals surface area contributed by atoms with Gasteiger partial charge in [0, 0.05) is 59.9 Å². The lowest BCUT2D eigenvalue weighted by Crippen LogP contribution is -2.33. The predicted molar refractivity (Wildman–Crippen MR) is 172 cm³/mol. The molecule has 2 heterocycles. The van der Waals surface area contributed by atoms with Crippen LogP contribution < -0.4 is 10.6 Å². The van der Waals surface area contributed by atoms with Crippen LogP contribution in [0.2, 0.25) is 0 Å². The molecule has 45 heavy (non-hydrogen) atoms. The fourth-order valence-electron chi connectivity index (χ4n) is 6.23. The molecule has 2 aromatic carbocycles. The standard InChI is InChI=1S/C34H39N5O6/c1-21-29(33(40)44-4)31(23-10-9-11-24(20-23)39(42)43)30(22(2)36-21)34(41)45-19-18-38(3)17-16-35-32-25-12-5-7-14-27(25)37-28-15-8-6-13-26(28)32/h5,7,9-12,14,20,31,36H,6,8,13,15-19H2,1-4H3,(H,35,37). The summed E-state index contributed by atoms with van der Waals surface area (Å²) in [5, 5.41) is 19.4. The van der Waals surface area contributed by atoms with E-state index in [2.05, 4.69) is 27.7 Å². The normalized spacial score (nSPS) is 16.3. The Morgan fingerprint density at radius 3 is 2.53 bits per heavy atom. The van der Waals surface area contributed by atoms with E-state index in [1.54, 1.807) is 19.9 Å². The Bertz CT molecular complexity index is 1700. The number of hydrogen-bond donors (Lipinski definition) is 2. The third-order valence-corrected chi connectivity index (χ3v) is 8.47. The van der Waals surface area contributed by atoms with Crippen LogP contribution in [0.25, 0.3) is 10.9 Å². The number of likely N-dealkylation sites (N-methyl/N-ethyl adjacent to an activating group) is 1. The molecule has 2 aliphatic rings. The van der Waals surface area contributed by atoms with Gasteiger partial charge in [-0.1, -0.05) is 30.3 Å². The number of ether oxygens (including phenoxy) is 2. The van der Waals surface area contributed by atoms with Crippen LogP contribution in [0.15, 0.2) is 71.1 Å². The van der Waals surface area contributed by atoms with Gasteiger partial charge in [-0.05, 0) is 63.8 Å². The number of aromatic nitrogens is 1. The average molecular weight is 614 g/mol. The van der Waals surface area contributed by atoms with Crippen LogP contribution >= 0.6 is 0 Å². The number of pyridine rings is 1. The second kappa shape index (κ2) is 13.9. The molecule has 0 fully saturated rings. The van der Waals surface area contributed by atoms with Crippen molar-refractivity contribution in [3.8, 4) is 0 Å². The SMILES string of the molecule is COC(=O)C1=C(C)NC(C)=C(C(=O)OCCN(C)CCNc2c3c(nc4ccccc24)CCCC3)C1c1cccc([N+](=O)[O-])c1. The molecule has 3 aromatic rings. The molecule has 0 saturated heterocycles. The van der Waals surface area contributed by atoms with Crippen molar-refractivity contribution in [1.82, 2.24) is 15.2 Å². The summed E-state index contributed by atoms with van der Waals surface area (Å²) in [5.41, 5.74) is 6.37. The first-order valence-electron chi connectivity index (χ1n) is 15.2. The molecule has 11 heteroatoms. The van der Waals surface area contributed by atoms with Crippen molar-refractivity contribution in [3.63, 3.8) is 0 Å². The number of methoxy groups -OCH3 is 1. The van der Waals surface area contributed by atoms with Crippen molar-refractivity contribution in [2.24, 2.45) is 0 Å². The molecule has 2 N–H and O–H groups in total. The number of nitro groups is 1. The average Bonchev–Trinajstić information content (AvgIpc) is 3.03. The van der Waals surface area contributed by atoms with E-state index in [4.69, 9.17) is 14.5 Å². The van der Waals surface area contributed by atoms with Crippen LogP contribution in [0.5, 0.6) is 0 Å². The molecule has 0 spiro atoms. The molecule has 11 nitrogen and oxygen atoms in total. The molecule has 1 unspecified atom stereocenters. The first kappa shape index (κ1) is 31.6. The zero-order valence-corrected chi connectivity index (χ0v) is 26.1. The van der Waals surface area contributed by atoms with Crippen LogP contribution in [-0.4, -0.2) is 67.1 Å². The summed E-state index contributed by atoms with van der Waals surface area (Å²) in [6.45, 7) is 5.46. The van der Waals surface area contributed by atoms with E-state index in [0.29, 0.717) is 30.0 Å². The third kappa shape index (κ3) is 6.83. The monoisotopic (exact) mass is 613 g/mol. The number of rotatable bonds is 11. The number of hydrogen-bond acceptors (Lipinski definition) is 10. The first-order chi connectivity index (χ1) is 21.7. The zero-order valence-electron chi connectivity index (χ0n) is 26.1. The van der Waals surface area contributed by atoms with Crippen LogP contribution in [-0.2, 0) is 31.9 Å². The lowest BCUT2D eigenvalue weighted by atomic mass is 9.80. The summed E-state index contributed by atoms with van der Waals surface area (Å²) >= 11 is 0. The molecule has 0 amide bonds. The summed E-state index contributed by atoms with van der Waals surface area (Å²) < 4.78 is 10.8. The van der Waals surface area contributed by atoms with E-state index in [9.17, 15) is 19.7 Å². The Kier molecular flexibility index (Phi) is 9.77. The fraction of sp³-hybridized carbons (Fsp3) is 0.382. The Balaban J connectivity index is 1.24. The maximum atomic E-state index is 13.6. The number of nitrogens with one attached hydrogen (secondary N) is 2. The summed E-state index contributed by atoms with van der Waals surface area (Å²) in [7, 11) is 3.22. The number of benzene rings is 2. The van der Waals surface area contributed by atoms with E-state index in [1.807, 2.05) is 19.2 Å². The van der Waals surface area contributed by atoms with E-state index < -0.39 is 22.8 Å². The summed E-state index contributed by atoms with van der Waals surface area (Å²) in [5.74, 6) is -2.13. The highest BCUT2D eigenvalue weighted by atomic mass is 16.6. The van der Waals surface area contributed by atoms with Crippen molar-refractivity contribution in [3.05, 3.63) is 98.0 Å². The number of esters is 2. The Hall–Kier alpha value is -4.77. The van der Waals surface area contributed by atoms with Crippen molar-refractivity contribution in [2.45, 2.75) is 45.4 Å². The lowest BCUT2D eigenvalue weighted by molar-refractivity contribution is -0.384. The Morgan fingerprint density at radius 1 is 1.04 bits per heavy atom. The third-order valence-electron chi connectivity index (χ3n) is 8.47. The van der Waals surface area contributed by atoms with Gasteiger partial charge in [0.2, 0.25) is 0 Å². The molecule has 0 radical (unpaired) electrons. The molecular formula is C34H39N5O6. The van der Waals surface area contributed by atoms with Gasteiger partial charge in [-0.15, -0.1) is 0 Å². The summed E-state index contributed by atoms with van der Waals surface area (Å²) in [4.78, 5) is 44.4. The largest absolute Gasteiger partial charge is 0.466 e. The number of anilines is 1. The number of fused-ring (bicyclic) bond motifs is 2. The maximum absolute atomic E-state index is 13.6. The number of dihydropyridines is 1. The maximum Gasteiger partial charge on any atom is 0.336 e. The molecule has 0 saturated carbocycles. The number of aryl methyl sites for hydroxylation is 1. The topological polar surface area (TPSA) is 136 Å². The van der Waals surface area contributed by atoms with Crippen molar-refractivity contribution >= 4 is 34.2 Å². The van der Waals surface area contributed by atoms with Gasteiger partial charge in [0.05, 0.1) is 34.6 Å². The minimum absolute atomic E-state index is 0.123. The molecule has 0 bridgehead atoms. The molecule has 1 atom stereocenters. The van der Waals surface area contributed by atoms with Gasteiger partial charge in [0.25, 0.3) is 5.69 Å². The number of carbonyl (C=O) groups is 2. The minimum atomic E-state index is -0.894. The fourth-order valence-corrected chi connectivity index (χ4v) is 6.23. The number of nitro benzene ring substituents is 1. The number of para-hydroxylation sites is 1. The highest BCUT2D eigenvalue weighted by Crippen LogP contribution is 2.40. The van der Waals surface area contributed by atoms with Gasteiger partial charge >= 0.3 is 11.9 Å². The Morgan fingerprint density at radius 2 is 1.78 bits per heavy atom. The molecule has 1 aliphatic carbocycles. The lowest BCUT2D eigenvalue weighted by Gasteiger charge is -2.30. The smallest absolute Gasteiger partial charge is 0.336 e. The van der Waals surface area contributed by atoms with E-state index >= 15 is 0 Å². The van der Waals surface area contributed by atoms with E-state index in [1.165, 1.54) is 42.3 Å². The number of non-ortho nitro benzene ring substituents is 1. The van der Waals surface area contributed by atoms with Crippen LogP contribution in [0, 0.1) is 10.1 Å². The quantitative estimate of drug-likeness (QED) is 0.172. The van der Waals surface area contributed by atoms with Crippen LogP contribution in [0.3, 0.4) is 0 Å². The van der Waals surface area contributed by atoms with Gasteiger partial charge < -0.3 is 25.0 Å². The molecule has 1 aliphatic heterocycles. The minimum Gasteiger partial charge on any atom is -0.466 e. The highest BCUT2D eigenvalue weighted by molar-refractivity contribution is 6.00. The van der Waals surface area contributed by atoms with Crippen LogP contribution in [0.1, 0.15) is 49.4 Å². The second-order valence-electron chi connectivity index (χ2n) is 11.5. The molecule has 5 rings (SSSR count). The van der Waals surface area contributed by atoms with Crippen molar-refractivity contribution in [2.75, 3.05) is 45.7 Å². The number of carbonyl (C=O) groups excluding carboxylic acids is 2. The van der Waals surface area contributed by atoms with E-state index in [-0.39, 0.29) is 23.4 Å². The van der Waals surface area contributed by atoms with Crippen molar-refractivity contribution in [1.29, 1.82) is 0 Å². The highest BCUT2D eigenvalue weighted by Gasteiger charge is 2.38. The molecule has 1 aromatic heterocycles. The molecular weight excluding hydrogens is 574 g/mol. The van der Waals surface area contributed by atoms with Gasteiger partial charge in [-0.3, -0.25) is 15.1 Å². The van der Waals surface area contributed by atoms with Gasteiger partial charge in [-0.25, -0.2) is 9.59 Å². The molecule has 236 valence electrons. The second-order valence-corrected chi connectivity index (χ2v) is 11.5. The number of allylic oxidation sites excluding steroid dienone is 2. The van der Waals surface area contributed by atoms with Crippen LogP contribution in [0.4, 0.5) is 11.4 Å². The predicted octanol–water partition coefficient (Wildman–Crippen LogP) is 5.02. The Labute approximate surface area is 262 Å². The van der Waals surface area contributed by atoms with Gasteiger partial charge in [0.15, 0.2) is 0 Å². The van der Waals surface area contributed by atoms with Crippen molar-refractivity contribution < 1.29 is 24.0 Å². The summed E-state index contributed by atoms with van der Waals surface area (Å²) in [6.07, 6.45) is 4.35. The van der Waals surface area contributed by atoms with Gasteiger partial charge in [0.1, 0.15) is 6.61 Å². The zero-order chi connectivity index (χ0) is 32.1. The van der Waals surface area contributed by atoms with E-state index in [0.717, 1.165) is 43.1 Å².